The van der Waals surface area contributed by atoms with Crippen LogP contribution in [0, 0.1) is 0 Å². The molecule has 3 aromatic rings. The van der Waals surface area contributed by atoms with E-state index >= 15 is 0 Å². The molecule has 148 valence electrons. The number of ether oxygens (including phenoxy) is 1. The minimum absolute atomic E-state index is 0.00424. The zero-order chi connectivity index (χ0) is 20.8. The van der Waals surface area contributed by atoms with Gasteiger partial charge in [0.15, 0.2) is 11.9 Å². The van der Waals surface area contributed by atoms with Crippen LogP contribution in [0.25, 0.3) is 5.69 Å². The van der Waals surface area contributed by atoms with Gasteiger partial charge in [-0.25, -0.2) is 4.68 Å². The van der Waals surface area contributed by atoms with Crippen LogP contribution in [0.4, 0.5) is 5.69 Å². The van der Waals surface area contributed by atoms with Crippen LogP contribution < -0.4 is 5.32 Å². The van der Waals surface area contributed by atoms with Gasteiger partial charge in [-0.15, -0.1) is 0 Å². The maximum absolute atomic E-state index is 12.3. The molecule has 0 fully saturated rings. The average molecular weight is 391 g/mol. The second kappa shape index (κ2) is 8.97. The zero-order valence-corrected chi connectivity index (χ0v) is 16.2. The van der Waals surface area contributed by atoms with E-state index in [0.717, 1.165) is 5.69 Å². The van der Waals surface area contributed by atoms with E-state index in [1.165, 1.54) is 13.8 Å². The van der Waals surface area contributed by atoms with Gasteiger partial charge in [0.25, 0.3) is 5.91 Å². The molecule has 0 saturated carbocycles. The first-order valence-electron chi connectivity index (χ1n) is 9.12. The van der Waals surface area contributed by atoms with E-state index in [2.05, 4.69) is 10.4 Å². The Bertz CT molecular complexity index is 1030. The van der Waals surface area contributed by atoms with Gasteiger partial charge in [-0.3, -0.25) is 14.4 Å². The number of anilines is 1. The molecule has 1 aromatic heterocycles. The van der Waals surface area contributed by atoms with Gasteiger partial charge < -0.3 is 10.1 Å². The third-order valence-corrected chi connectivity index (χ3v) is 4.22. The van der Waals surface area contributed by atoms with Crippen molar-refractivity contribution in [3.05, 3.63) is 78.1 Å². The first kappa shape index (κ1) is 20.0. The lowest BCUT2D eigenvalue weighted by Gasteiger charge is -2.13. The molecule has 1 heterocycles. The number of para-hydroxylation sites is 1. The van der Waals surface area contributed by atoms with Crippen LogP contribution in [-0.2, 0) is 20.7 Å². The molecular formula is C22H21N3O4. The fourth-order valence-electron chi connectivity index (χ4n) is 2.69. The monoisotopic (exact) mass is 391 g/mol. The average Bonchev–Trinajstić information content (AvgIpc) is 3.17. The molecule has 0 radical (unpaired) electrons. The number of aromatic nitrogens is 2. The summed E-state index contributed by atoms with van der Waals surface area (Å²) >= 11 is 0. The molecule has 0 aliphatic carbocycles. The number of esters is 1. The van der Waals surface area contributed by atoms with Gasteiger partial charge in [0.05, 0.1) is 18.3 Å². The van der Waals surface area contributed by atoms with Crippen molar-refractivity contribution in [3.63, 3.8) is 0 Å². The molecule has 1 amide bonds. The van der Waals surface area contributed by atoms with E-state index in [4.69, 9.17) is 4.74 Å². The minimum Gasteiger partial charge on any atom is -0.452 e. The SMILES string of the molecule is CC(=O)c1cccc(NC(=O)C(C)OC(=O)Cc2cnn(-c3ccccc3)c2)c1. The van der Waals surface area contributed by atoms with Gasteiger partial charge in [0.1, 0.15) is 0 Å². The van der Waals surface area contributed by atoms with Crippen LogP contribution in [0.3, 0.4) is 0 Å². The Morgan fingerprint density at radius 3 is 2.59 bits per heavy atom. The van der Waals surface area contributed by atoms with Crippen LogP contribution in [0.2, 0.25) is 0 Å². The van der Waals surface area contributed by atoms with Crippen molar-refractivity contribution in [1.29, 1.82) is 0 Å². The first-order chi connectivity index (χ1) is 13.9. The van der Waals surface area contributed by atoms with E-state index in [0.29, 0.717) is 16.8 Å². The van der Waals surface area contributed by atoms with Gasteiger partial charge in [-0.1, -0.05) is 30.3 Å². The number of hydrogen-bond donors (Lipinski definition) is 1. The van der Waals surface area contributed by atoms with Gasteiger partial charge in [0.2, 0.25) is 0 Å². The Labute approximate surface area is 168 Å². The van der Waals surface area contributed by atoms with E-state index in [1.54, 1.807) is 41.3 Å². The molecule has 7 nitrogen and oxygen atoms in total. The van der Waals surface area contributed by atoms with Gasteiger partial charge in [0, 0.05) is 23.0 Å². The molecule has 1 unspecified atom stereocenters. The van der Waals surface area contributed by atoms with Crippen molar-refractivity contribution in [3.8, 4) is 5.69 Å². The predicted octanol–water partition coefficient (Wildman–Crippen LogP) is 3.19. The van der Waals surface area contributed by atoms with E-state index in [1.807, 2.05) is 30.3 Å². The number of nitrogens with zero attached hydrogens (tertiary/aromatic N) is 2. The second-order valence-electron chi connectivity index (χ2n) is 6.56. The van der Waals surface area contributed by atoms with Crippen molar-refractivity contribution < 1.29 is 19.1 Å². The van der Waals surface area contributed by atoms with Gasteiger partial charge >= 0.3 is 5.97 Å². The highest BCUT2D eigenvalue weighted by molar-refractivity contribution is 5.98. The lowest BCUT2D eigenvalue weighted by Crippen LogP contribution is -2.30. The fraction of sp³-hybridized carbons (Fsp3) is 0.182. The molecule has 0 spiro atoms. The van der Waals surface area contributed by atoms with Gasteiger partial charge in [-0.2, -0.15) is 5.10 Å². The lowest BCUT2D eigenvalue weighted by molar-refractivity contribution is -0.152. The highest BCUT2D eigenvalue weighted by Crippen LogP contribution is 2.13. The summed E-state index contributed by atoms with van der Waals surface area (Å²) in [5, 5.41) is 6.88. The number of hydrogen-bond acceptors (Lipinski definition) is 5. The Balaban J connectivity index is 1.55. The molecule has 1 atom stereocenters. The zero-order valence-electron chi connectivity index (χ0n) is 16.2. The van der Waals surface area contributed by atoms with Crippen LogP contribution in [0.1, 0.15) is 29.8 Å². The van der Waals surface area contributed by atoms with Crippen LogP contribution in [0.5, 0.6) is 0 Å². The molecule has 1 N–H and O–H groups in total. The maximum atomic E-state index is 12.3. The third-order valence-electron chi connectivity index (χ3n) is 4.22. The summed E-state index contributed by atoms with van der Waals surface area (Å²) in [6, 6.07) is 16.1. The first-order valence-corrected chi connectivity index (χ1v) is 9.12. The minimum atomic E-state index is -0.979. The number of carbonyl (C=O) groups is 3. The van der Waals surface area contributed by atoms with Crippen LogP contribution in [-0.4, -0.2) is 33.5 Å². The molecule has 2 aromatic carbocycles. The summed E-state index contributed by atoms with van der Waals surface area (Å²) in [6.07, 6.45) is 2.36. The maximum Gasteiger partial charge on any atom is 0.311 e. The quantitative estimate of drug-likeness (QED) is 0.493. The van der Waals surface area contributed by atoms with E-state index in [-0.39, 0.29) is 12.2 Å². The largest absolute Gasteiger partial charge is 0.452 e. The number of amides is 1. The molecule has 3 rings (SSSR count). The third kappa shape index (κ3) is 5.38. The summed E-state index contributed by atoms with van der Waals surface area (Å²) in [5.41, 5.74) is 2.52. The highest BCUT2D eigenvalue weighted by Gasteiger charge is 2.19. The Kier molecular flexibility index (Phi) is 6.19. The predicted molar refractivity (Wildman–Crippen MR) is 108 cm³/mol. The van der Waals surface area contributed by atoms with E-state index < -0.39 is 18.0 Å². The molecule has 0 aliphatic heterocycles. The summed E-state index contributed by atoms with van der Waals surface area (Å²) in [6.45, 7) is 2.95. The molecule has 0 bridgehead atoms. The van der Waals surface area contributed by atoms with Crippen molar-refractivity contribution in [1.82, 2.24) is 9.78 Å². The summed E-state index contributed by atoms with van der Waals surface area (Å²) in [7, 11) is 0. The van der Waals surface area contributed by atoms with Crippen LogP contribution >= 0.6 is 0 Å². The smallest absolute Gasteiger partial charge is 0.311 e. The number of carbonyl (C=O) groups excluding carboxylic acids is 3. The van der Waals surface area contributed by atoms with Crippen molar-refractivity contribution in [2.75, 3.05) is 5.32 Å². The molecule has 7 heteroatoms. The van der Waals surface area contributed by atoms with Gasteiger partial charge in [-0.05, 0) is 38.1 Å². The molecule has 29 heavy (non-hydrogen) atoms. The van der Waals surface area contributed by atoms with E-state index in [9.17, 15) is 14.4 Å². The van der Waals surface area contributed by atoms with Crippen molar-refractivity contribution >= 4 is 23.3 Å². The number of Topliss-reactive ketones (excluding diaryl/α,β-unsaturated/α-hetero) is 1. The summed E-state index contributed by atoms with van der Waals surface area (Å²) in [5.74, 6) is -1.10. The standard InChI is InChI=1S/C22H21N3O4/c1-15(26)18-7-6-8-19(12-18)24-22(28)16(2)29-21(27)11-17-13-23-25(14-17)20-9-4-3-5-10-20/h3-10,12-14,16H,11H2,1-2H3,(H,24,28). The number of rotatable bonds is 7. The van der Waals surface area contributed by atoms with Crippen LogP contribution in [0.15, 0.2) is 67.0 Å². The summed E-state index contributed by atoms with van der Waals surface area (Å²) in [4.78, 5) is 35.9. The summed E-state index contributed by atoms with van der Waals surface area (Å²) < 4.78 is 6.89. The fourth-order valence-corrected chi connectivity index (χ4v) is 2.69. The second-order valence-corrected chi connectivity index (χ2v) is 6.56. The number of ketones is 1. The lowest BCUT2D eigenvalue weighted by atomic mass is 10.1. The molecule has 0 aliphatic rings. The Hall–Kier alpha value is -3.74. The number of nitrogens with one attached hydrogen (secondary N) is 1. The van der Waals surface area contributed by atoms with Crippen molar-refractivity contribution in [2.45, 2.75) is 26.4 Å². The highest BCUT2D eigenvalue weighted by atomic mass is 16.5. The Morgan fingerprint density at radius 1 is 1.10 bits per heavy atom. The number of benzene rings is 2. The van der Waals surface area contributed by atoms with Crippen molar-refractivity contribution in [2.24, 2.45) is 0 Å². The normalized spacial score (nSPS) is 11.5. The molecule has 0 saturated heterocycles. The molecular weight excluding hydrogens is 370 g/mol. The Morgan fingerprint density at radius 2 is 1.86 bits per heavy atom. The topological polar surface area (TPSA) is 90.3 Å².